The topological polar surface area (TPSA) is 135 Å². The van der Waals surface area contributed by atoms with Crippen LogP contribution in [-0.4, -0.2) is 57.3 Å². The molecular weight excluding hydrogens is 474 g/mol. The molecule has 2 heterocycles. The molecule has 0 amide bonds. The Kier molecular flexibility index (Phi) is 7.65. The Morgan fingerprint density at radius 1 is 1.27 bits per heavy atom. The number of pyridine rings is 1. The van der Waals surface area contributed by atoms with Gasteiger partial charge < -0.3 is 19.5 Å². The summed E-state index contributed by atoms with van der Waals surface area (Å²) in [5, 5.41) is 9.81. The van der Waals surface area contributed by atoms with Crippen molar-refractivity contribution >= 4 is 45.1 Å². The number of sulfonamides is 1. The predicted octanol–water partition coefficient (Wildman–Crippen LogP) is 3.02. The lowest BCUT2D eigenvalue weighted by atomic mass is 9.96. The van der Waals surface area contributed by atoms with Crippen molar-refractivity contribution < 1.29 is 32.6 Å². The van der Waals surface area contributed by atoms with Gasteiger partial charge in [-0.1, -0.05) is 11.6 Å². The van der Waals surface area contributed by atoms with Gasteiger partial charge in [0.25, 0.3) is 10.0 Å². The van der Waals surface area contributed by atoms with Crippen LogP contribution < -0.4 is 14.4 Å². The molecular formula is C21H24ClN3O7S. The molecule has 0 atom stereocenters. The lowest BCUT2D eigenvalue weighted by molar-refractivity contribution is -0.148. The molecule has 0 saturated carbocycles. The van der Waals surface area contributed by atoms with Crippen molar-refractivity contribution in [2.75, 3.05) is 36.4 Å². The van der Waals surface area contributed by atoms with Crippen LogP contribution in [0.5, 0.6) is 5.75 Å². The Morgan fingerprint density at radius 3 is 2.55 bits per heavy atom. The molecule has 1 saturated heterocycles. The summed E-state index contributed by atoms with van der Waals surface area (Å²) in [5.74, 6) is -1.22. The summed E-state index contributed by atoms with van der Waals surface area (Å²) in [6.45, 7) is 2.90. The number of methoxy groups -OCH3 is 1. The van der Waals surface area contributed by atoms with Crippen LogP contribution in [0.25, 0.3) is 0 Å². The van der Waals surface area contributed by atoms with Crippen molar-refractivity contribution in [2.45, 2.75) is 24.7 Å². The number of anilines is 2. The van der Waals surface area contributed by atoms with Gasteiger partial charge in [-0.15, -0.1) is 0 Å². The van der Waals surface area contributed by atoms with Gasteiger partial charge in [0.15, 0.2) is 0 Å². The molecule has 1 aliphatic rings. The first-order chi connectivity index (χ1) is 15.7. The number of carbonyl (C=O) groups excluding carboxylic acids is 1. The minimum absolute atomic E-state index is 0.00972. The SMILES string of the molecule is CCOC(=O)C1CCN(c2ncc(NS(=O)(=O)c3ccc(OC)c(Cl)c3)cc2C(=O)O)CC1. The van der Waals surface area contributed by atoms with E-state index in [0.717, 1.165) is 0 Å². The predicted molar refractivity (Wildman–Crippen MR) is 122 cm³/mol. The zero-order valence-electron chi connectivity index (χ0n) is 18.1. The average Bonchev–Trinajstić information content (AvgIpc) is 2.79. The van der Waals surface area contributed by atoms with E-state index in [0.29, 0.717) is 38.3 Å². The molecule has 0 aliphatic carbocycles. The number of aromatic carboxylic acids is 1. The Morgan fingerprint density at radius 2 is 1.97 bits per heavy atom. The molecule has 1 aliphatic heterocycles. The van der Waals surface area contributed by atoms with E-state index in [1.807, 2.05) is 0 Å². The largest absolute Gasteiger partial charge is 0.495 e. The zero-order valence-corrected chi connectivity index (χ0v) is 19.6. The van der Waals surface area contributed by atoms with E-state index in [1.54, 1.807) is 11.8 Å². The molecule has 2 aromatic rings. The van der Waals surface area contributed by atoms with E-state index in [1.165, 1.54) is 37.6 Å². The zero-order chi connectivity index (χ0) is 24.2. The number of ether oxygens (including phenoxy) is 2. The third-order valence-corrected chi connectivity index (χ3v) is 6.87. The second-order valence-electron chi connectivity index (χ2n) is 7.32. The molecule has 2 N–H and O–H groups in total. The van der Waals surface area contributed by atoms with Crippen LogP contribution in [0.1, 0.15) is 30.1 Å². The Hall–Kier alpha value is -3.05. The minimum Gasteiger partial charge on any atom is -0.495 e. The number of aromatic nitrogens is 1. The van der Waals surface area contributed by atoms with Crippen LogP contribution >= 0.6 is 11.6 Å². The fourth-order valence-electron chi connectivity index (χ4n) is 3.54. The normalized spacial score (nSPS) is 14.6. The number of carboxylic acid groups (broad SMARTS) is 1. The summed E-state index contributed by atoms with van der Waals surface area (Å²) in [5.41, 5.74) is -0.165. The van der Waals surface area contributed by atoms with Crippen molar-refractivity contribution in [3.63, 3.8) is 0 Å². The second kappa shape index (κ2) is 10.3. The van der Waals surface area contributed by atoms with Crippen molar-refractivity contribution in [1.29, 1.82) is 0 Å². The second-order valence-corrected chi connectivity index (χ2v) is 9.41. The maximum atomic E-state index is 12.7. The van der Waals surface area contributed by atoms with E-state index in [9.17, 15) is 23.1 Å². The van der Waals surface area contributed by atoms with Gasteiger partial charge in [-0.3, -0.25) is 9.52 Å². The number of hydrogen-bond donors (Lipinski definition) is 2. The molecule has 12 heteroatoms. The van der Waals surface area contributed by atoms with Gasteiger partial charge in [-0.2, -0.15) is 0 Å². The van der Waals surface area contributed by atoms with Crippen LogP contribution in [0.15, 0.2) is 35.4 Å². The lowest BCUT2D eigenvalue weighted by Crippen LogP contribution is -2.38. The highest BCUT2D eigenvalue weighted by Gasteiger charge is 2.29. The number of nitrogens with zero attached hydrogens (tertiary/aromatic N) is 2. The quantitative estimate of drug-likeness (QED) is 0.527. The van der Waals surface area contributed by atoms with Crippen molar-refractivity contribution in [3.05, 3.63) is 41.0 Å². The average molecular weight is 498 g/mol. The van der Waals surface area contributed by atoms with Crippen molar-refractivity contribution in [2.24, 2.45) is 5.92 Å². The fourth-order valence-corrected chi connectivity index (χ4v) is 4.92. The fraction of sp³-hybridized carbons (Fsp3) is 0.381. The van der Waals surface area contributed by atoms with Gasteiger partial charge in [0.05, 0.1) is 41.4 Å². The highest BCUT2D eigenvalue weighted by molar-refractivity contribution is 7.92. The number of carboxylic acids is 1. The number of halogens is 1. The van der Waals surface area contributed by atoms with Gasteiger partial charge in [-0.05, 0) is 44.0 Å². The molecule has 1 fully saturated rings. The monoisotopic (exact) mass is 497 g/mol. The molecule has 10 nitrogen and oxygen atoms in total. The van der Waals surface area contributed by atoms with Crippen LogP contribution in [-0.2, 0) is 19.6 Å². The maximum absolute atomic E-state index is 12.7. The van der Waals surface area contributed by atoms with Crippen LogP contribution in [0.4, 0.5) is 11.5 Å². The molecule has 1 aromatic carbocycles. The lowest BCUT2D eigenvalue weighted by Gasteiger charge is -2.32. The van der Waals surface area contributed by atoms with E-state index in [-0.39, 0.29) is 38.9 Å². The van der Waals surface area contributed by atoms with Gasteiger partial charge in [0.1, 0.15) is 17.1 Å². The summed E-state index contributed by atoms with van der Waals surface area (Å²) in [7, 11) is -2.64. The Balaban J connectivity index is 1.80. The Labute approximate surface area is 196 Å². The van der Waals surface area contributed by atoms with E-state index in [2.05, 4.69) is 9.71 Å². The third kappa shape index (κ3) is 5.66. The minimum atomic E-state index is -4.05. The first-order valence-corrected chi connectivity index (χ1v) is 12.0. The molecule has 178 valence electrons. The molecule has 0 radical (unpaired) electrons. The smallest absolute Gasteiger partial charge is 0.339 e. The van der Waals surface area contributed by atoms with E-state index >= 15 is 0 Å². The number of hydrogen-bond acceptors (Lipinski definition) is 8. The maximum Gasteiger partial charge on any atom is 0.339 e. The van der Waals surface area contributed by atoms with Crippen LogP contribution in [0.2, 0.25) is 5.02 Å². The molecule has 0 bridgehead atoms. The van der Waals surface area contributed by atoms with Gasteiger partial charge in [-0.25, -0.2) is 18.2 Å². The molecule has 33 heavy (non-hydrogen) atoms. The van der Waals surface area contributed by atoms with Gasteiger partial charge in [0, 0.05) is 13.1 Å². The van der Waals surface area contributed by atoms with Crippen LogP contribution in [0.3, 0.4) is 0 Å². The summed E-state index contributed by atoms with van der Waals surface area (Å²) < 4.78 is 37.9. The van der Waals surface area contributed by atoms with Crippen molar-refractivity contribution in [1.82, 2.24) is 4.98 Å². The third-order valence-electron chi connectivity index (χ3n) is 5.20. The number of esters is 1. The first kappa shape index (κ1) is 24.6. The van der Waals surface area contributed by atoms with E-state index < -0.39 is 16.0 Å². The van der Waals surface area contributed by atoms with Gasteiger partial charge >= 0.3 is 11.9 Å². The standard InChI is InChI=1S/C21H24ClN3O7S/c1-3-32-21(28)13-6-8-25(9-7-13)19-16(20(26)27)10-14(12-23-19)24-33(29,30)15-4-5-18(31-2)17(22)11-15/h4-5,10-13,24H,3,6-9H2,1-2H3,(H,26,27). The number of piperidine rings is 1. The number of rotatable bonds is 8. The highest BCUT2D eigenvalue weighted by Crippen LogP contribution is 2.30. The first-order valence-electron chi connectivity index (χ1n) is 10.2. The number of benzene rings is 1. The molecule has 0 spiro atoms. The summed E-state index contributed by atoms with van der Waals surface area (Å²) in [6.07, 6.45) is 2.26. The Bertz CT molecular complexity index is 1150. The molecule has 3 rings (SSSR count). The van der Waals surface area contributed by atoms with Gasteiger partial charge in [0.2, 0.25) is 0 Å². The summed E-state index contributed by atoms with van der Waals surface area (Å²) >= 11 is 6.02. The van der Waals surface area contributed by atoms with Crippen molar-refractivity contribution in [3.8, 4) is 5.75 Å². The van der Waals surface area contributed by atoms with Crippen LogP contribution in [0, 0.1) is 5.92 Å². The highest BCUT2D eigenvalue weighted by atomic mass is 35.5. The molecule has 0 unspecified atom stereocenters. The number of carbonyl (C=O) groups is 2. The molecule has 1 aromatic heterocycles. The summed E-state index contributed by atoms with van der Waals surface area (Å²) in [4.78, 5) is 29.7. The van der Waals surface area contributed by atoms with E-state index in [4.69, 9.17) is 21.1 Å². The summed E-state index contributed by atoms with van der Waals surface area (Å²) in [6, 6.07) is 5.18. The number of nitrogens with one attached hydrogen (secondary N) is 1.